The van der Waals surface area contributed by atoms with Crippen molar-refractivity contribution in [1.29, 1.82) is 0 Å². The first kappa shape index (κ1) is 13.1. The van der Waals surface area contributed by atoms with Crippen LogP contribution >= 0.6 is 0 Å². The molecule has 0 unspecified atom stereocenters. The van der Waals surface area contributed by atoms with E-state index in [0.29, 0.717) is 25.9 Å². The van der Waals surface area contributed by atoms with E-state index in [1.165, 1.54) is 4.90 Å². The highest BCUT2D eigenvalue weighted by atomic mass is 32.2. The fourth-order valence-corrected chi connectivity index (χ4v) is 4.81. The highest BCUT2D eigenvalue weighted by molar-refractivity contribution is 7.89. The van der Waals surface area contributed by atoms with Crippen LogP contribution in [-0.2, 0) is 10.0 Å². The van der Waals surface area contributed by atoms with Crippen LogP contribution in [0.4, 0.5) is 4.79 Å². The lowest BCUT2D eigenvalue weighted by Gasteiger charge is -2.49. The zero-order chi connectivity index (χ0) is 13.8. The molecule has 0 aromatic heterocycles. The van der Waals surface area contributed by atoms with Gasteiger partial charge in [-0.15, -0.1) is 0 Å². The third kappa shape index (κ3) is 2.21. The monoisotopic (exact) mass is 289 g/mol. The summed E-state index contributed by atoms with van der Waals surface area (Å²) in [5.74, 6) is 0. The maximum Gasteiger partial charge on any atom is 0.407 e. The Kier molecular flexibility index (Phi) is 2.99. The summed E-state index contributed by atoms with van der Waals surface area (Å²) < 4.78 is 23.0. The van der Waals surface area contributed by atoms with E-state index >= 15 is 0 Å². The molecule has 3 heterocycles. The van der Waals surface area contributed by atoms with Crippen molar-refractivity contribution in [3.8, 4) is 0 Å². The highest BCUT2D eigenvalue weighted by Gasteiger charge is 2.49. The molecular weight excluding hydrogens is 270 g/mol. The smallest absolute Gasteiger partial charge is 0.407 e. The molecule has 108 valence electrons. The first-order valence-corrected chi connectivity index (χ1v) is 8.24. The number of hydrogen-bond acceptors (Lipinski definition) is 4. The Hall–Kier alpha value is -0.860. The second-order valence-electron chi connectivity index (χ2n) is 5.86. The van der Waals surface area contributed by atoms with Gasteiger partial charge in [-0.25, -0.2) is 18.4 Å². The van der Waals surface area contributed by atoms with E-state index < -0.39 is 21.4 Å². The largest absolute Gasteiger partial charge is 0.465 e. The molecule has 3 N–H and O–H groups in total. The van der Waals surface area contributed by atoms with Crippen LogP contribution in [0.5, 0.6) is 0 Å². The van der Waals surface area contributed by atoms with Crippen LogP contribution in [0.15, 0.2) is 0 Å². The molecule has 7 nitrogen and oxygen atoms in total. The molecule has 3 aliphatic heterocycles. The highest BCUT2D eigenvalue weighted by Crippen LogP contribution is 2.40. The third-order valence-electron chi connectivity index (χ3n) is 4.77. The summed E-state index contributed by atoms with van der Waals surface area (Å²) in [6, 6.07) is 0.765. The number of piperidine rings is 1. The summed E-state index contributed by atoms with van der Waals surface area (Å²) in [4.78, 5) is 14.5. The Morgan fingerprint density at radius 2 is 1.63 bits per heavy atom. The zero-order valence-corrected chi connectivity index (χ0v) is 11.4. The minimum absolute atomic E-state index is 0.253. The average molecular weight is 289 g/mol. The molecule has 8 heteroatoms. The number of carboxylic acid groups (broad SMARTS) is 1. The Labute approximate surface area is 112 Å². The van der Waals surface area contributed by atoms with Crippen molar-refractivity contribution in [3.05, 3.63) is 0 Å². The number of primary sulfonamides is 1. The fraction of sp³-hybridized carbons (Fsp3) is 0.909. The van der Waals surface area contributed by atoms with Crippen molar-refractivity contribution in [2.75, 3.05) is 13.1 Å². The van der Waals surface area contributed by atoms with Gasteiger partial charge in [0.05, 0.1) is 5.25 Å². The summed E-state index contributed by atoms with van der Waals surface area (Å²) in [7, 11) is -3.44. The van der Waals surface area contributed by atoms with Gasteiger partial charge in [-0.2, -0.15) is 0 Å². The van der Waals surface area contributed by atoms with Gasteiger partial charge in [0.2, 0.25) is 10.0 Å². The summed E-state index contributed by atoms with van der Waals surface area (Å²) in [6.45, 7) is 1.09. The van der Waals surface area contributed by atoms with E-state index in [4.69, 9.17) is 10.2 Å². The number of sulfonamides is 1. The van der Waals surface area contributed by atoms with Gasteiger partial charge in [0.25, 0.3) is 0 Å². The first-order valence-electron chi connectivity index (χ1n) is 6.63. The number of likely N-dealkylation sites (tertiary alicyclic amines) is 1. The maximum atomic E-state index is 11.5. The van der Waals surface area contributed by atoms with Gasteiger partial charge in [-0.1, -0.05) is 0 Å². The molecule has 0 spiro atoms. The predicted molar refractivity (Wildman–Crippen MR) is 68.2 cm³/mol. The van der Waals surface area contributed by atoms with E-state index in [0.717, 1.165) is 12.8 Å². The van der Waals surface area contributed by atoms with Gasteiger partial charge in [0.1, 0.15) is 0 Å². The Bertz CT molecular complexity index is 474. The molecule has 3 rings (SSSR count). The summed E-state index contributed by atoms with van der Waals surface area (Å²) >= 11 is 0. The second kappa shape index (κ2) is 4.32. The van der Waals surface area contributed by atoms with Crippen molar-refractivity contribution in [1.82, 2.24) is 9.80 Å². The lowest BCUT2D eigenvalue weighted by Crippen LogP contribution is -2.65. The molecule has 3 aliphatic rings. The molecule has 3 saturated heterocycles. The van der Waals surface area contributed by atoms with Crippen LogP contribution in [0.1, 0.15) is 25.7 Å². The van der Waals surface area contributed by atoms with Crippen molar-refractivity contribution in [2.45, 2.75) is 49.1 Å². The molecule has 0 aliphatic carbocycles. The molecule has 1 amide bonds. The predicted octanol–water partition coefficient (Wildman–Crippen LogP) is -0.367. The van der Waals surface area contributed by atoms with Crippen molar-refractivity contribution in [3.63, 3.8) is 0 Å². The second-order valence-corrected chi connectivity index (χ2v) is 7.70. The summed E-state index contributed by atoms with van der Waals surface area (Å²) in [5.41, 5.74) is 0. The van der Waals surface area contributed by atoms with Crippen LogP contribution in [0, 0.1) is 0 Å². The molecule has 0 radical (unpaired) electrons. The SMILES string of the molecule is NS(=O)(=O)[C@H]1C[C@H]2CC[C@@H](C1)N2C1CN(C(=O)O)C1. The van der Waals surface area contributed by atoms with Crippen molar-refractivity contribution in [2.24, 2.45) is 5.14 Å². The van der Waals surface area contributed by atoms with Crippen LogP contribution in [0.25, 0.3) is 0 Å². The van der Waals surface area contributed by atoms with E-state index in [9.17, 15) is 13.2 Å². The van der Waals surface area contributed by atoms with E-state index in [1.54, 1.807) is 0 Å². The molecule has 0 aromatic rings. The van der Waals surface area contributed by atoms with E-state index in [2.05, 4.69) is 4.90 Å². The van der Waals surface area contributed by atoms with Crippen LogP contribution in [0.3, 0.4) is 0 Å². The quantitative estimate of drug-likeness (QED) is 0.722. The Balaban J connectivity index is 1.66. The fourth-order valence-electron chi connectivity index (χ4n) is 3.83. The van der Waals surface area contributed by atoms with Gasteiger partial charge in [0.15, 0.2) is 0 Å². The maximum absolute atomic E-state index is 11.5. The number of nitrogens with two attached hydrogens (primary N) is 1. The molecule has 3 fully saturated rings. The van der Waals surface area contributed by atoms with Gasteiger partial charge < -0.3 is 10.0 Å². The lowest BCUT2D eigenvalue weighted by molar-refractivity contribution is -0.00434. The minimum atomic E-state index is -3.44. The van der Waals surface area contributed by atoms with Gasteiger partial charge in [0, 0.05) is 31.2 Å². The standard InChI is InChI=1S/C11H19N3O4S/c12-19(17,18)10-3-7-1-2-8(4-10)14(7)9-5-13(6-9)11(15)16/h7-10H,1-6H2,(H,15,16)(H2,12,17,18)/t7-,8+,10+. The van der Waals surface area contributed by atoms with Crippen LogP contribution in [0.2, 0.25) is 0 Å². The van der Waals surface area contributed by atoms with Gasteiger partial charge in [-0.3, -0.25) is 4.90 Å². The average Bonchev–Trinajstić information content (AvgIpc) is 2.48. The Morgan fingerprint density at radius 3 is 2.05 bits per heavy atom. The Morgan fingerprint density at radius 1 is 1.11 bits per heavy atom. The normalized spacial score (nSPS) is 36.3. The summed E-state index contributed by atoms with van der Waals surface area (Å²) in [6.07, 6.45) is 2.32. The number of hydrogen-bond donors (Lipinski definition) is 2. The molecular formula is C11H19N3O4S. The zero-order valence-electron chi connectivity index (χ0n) is 10.6. The van der Waals surface area contributed by atoms with Crippen LogP contribution < -0.4 is 5.14 Å². The number of carbonyl (C=O) groups is 1. The summed E-state index contributed by atoms with van der Waals surface area (Å²) in [5, 5.41) is 13.7. The van der Waals surface area contributed by atoms with Gasteiger partial charge >= 0.3 is 6.09 Å². The number of amides is 1. The van der Waals surface area contributed by atoms with Crippen LogP contribution in [-0.4, -0.2) is 65.9 Å². The number of nitrogens with zero attached hydrogens (tertiary/aromatic N) is 2. The number of rotatable bonds is 2. The molecule has 0 aromatic carbocycles. The van der Waals surface area contributed by atoms with Crippen molar-refractivity contribution >= 4 is 16.1 Å². The lowest BCUT2D eigenvalue weighted by atomic mass is 9.96. The topological polar surface area (TPSA) is 104 Å². The van der Waals surface area contributed by atoms with E-state index in [-0.39, 0.29) is 18.1 Å². The third-order valence-corrected chi connectivity index (χ3v) is 6.08. The van der Waals surface area contributed by atoms with Crippen molar-refractivity contribution < 1.29 is 18.3 Å². The van der Waals surface area contributed by atoms with E-state index in [1.807, 2.05) is 0 Å². The first-order chi connectivity index (χ1) is 8.86. The number of fused-ring (bicyclic) bond motifs is 2. The molecule has 2 bridgehead atoms. The minimum Gasteiger partial charge on any atom is -0.465 e. The molecule has 19 heavy (non-hydrogen) atoms. The molecule has 0 saturated carbocycles. The van der Waals surface area contributed by atoms with Gasteiger partial charge in [-0.05, 0) is 25.7 Å². The molecule has 3 atom stereocenters.